The highest BCUT2D eigenvalue weighted by atomic mass is 16.2. The van der Waals surface area contributed by atoms with Gasteiger partial charge in [-0.3, -0.25) is 9.48 Å². The SMILES string of the molecule is Cc1c(N2CC(CN)CC2=O)cnn1C. The van der Waals surface area contributed by atoms with Crippen LogP contribution in [0.5, 0.6) is 0 Å². The summed E-state index contributed by atoms with van der Waals surface area (Å²) in [6.07, 6.45) is 2.30. The molecule has 1 aliphatic heterocycles. The molecule has 0 aliphatic carbocycles. The summed E-state index contributed by atoms with van der Waals surface area (Å²) < 4.78 is 1.78. The second-order valence-corrected chi connectivity index (χ2v) is 4.05. The van der Waals surface area contributed by atoms with Crippen molar-refractivity contribution < 1.29 is 4.79 Å². The molecule has 0 radical (unpaired) electrons. The predicted molar refractivity (Wildman–Crippen MR) is 57.5 cm³/mol. The zero-order chi connectivity index (χ0) is 11.0. The van der Waals surface area contributed by atoms with Crippen molar-refractivity contribution >= 4 is 11.6 Å². The first-order valence-corrected chi connectivity index (χ1v) is 5.12. The third kappa shape index (κ3) is 1.63. The molecule has 0 spiro atoms. The summed E-state index contributed by atoms with van der Waals surface area (Å²) in [5, 5.41) is 4.14. The molecule has 2 N–H and O–H groups in total. The monoisotopic (exact) mass is 208 g/mol. The number of hydrogen-bond acceptors (Lipinski definition) is 3. The minimum Gasteiger partial charge on any atom is -0.330 e. The van der Waals surface area contributed by atoms with Crippen molar-refractivity contribution in [2.24, 2.45) is 18.7 Å². The Morgan fingerprint density at radius 2 is 2.40 bits per heavy atom. The van der Waals surface area contributed by atoms with Crippen molar-refractivity contribution in [2.45, 2.75) is 13.3 Å². The highest BCUT2D eigenvalue weighted by Gasteiger charge is 2.31. The van der Waals surface area contributed by atoms with Gasteiger partial charge < -0.3 is 10.6 Å². The van der Waals surface area contributed by atoms with Crippen LogP contribution in [0, 0.1) is 12.8 Å². The average molecular weight is 208 g/mol. The van der Waals surface area contributed by atoms with Crippen molar-refractivity contribution in [3.05, 3.63) is 11.9 Å². The van der Waals surface area contributed by atoms with Crippen LogP contribution < -0.4 is 10.6 Å². The summed E-state index contributed by atoms with van der Waals surface area (Å²) in [4.78, 5) is 13.5. The molecule has 5 heteroatoms. The second kappa shape index (κ2) is 3.66. The number of aryl methyl sites for hydroxylation is 1. The Morgan fingerprint density at radius 3 is 2.87 bits per heavy atom. The van der Waals surface area contributed by atoms with Gasteiger partial charge in [-0.1, -0.05) is 0 Å². The molecule has 1 atom stereocenters. The maximum Gasteiger partial charge on any atom is 0.227 e. The molecular formula is C10H16N4O. The Balaban J connectivity index is 2.25. The fraction of sp³-hybridized carbons (Fsp3) is 0.600. The van der Waals surface area contributed by atoms with Crippen LogP contribution >= 0.6 is 0 Å². The lowest BCUT2D eigenvalue weighted by Gasteiger charge is -2.15. The van der Waals surface area contributed by atoms with Crippen LogP contribution in [0.2, 0.25) is 0 Å². The van der Waals surface area contributed by atoms with Gasteiger partial charge in [-0.15, -0.1) is 0 Å². The molecule has 1 saturated heterocycles. The van der Waals surface area contributed by atoms with Gasteiger partial charge in [0.25, 0.3) is 0 Å². The van der Waals surface area contributed by atoms with Gasteiger partial charge in [-0.2, -0.15) is 5.10 Å². The summed E-state index contributed by atoms with van der Waals surface area (Å²) in [6, 6.07) is 0. The van der Waals surface area contributed by atoms with Gasteiger partial charge >= 0.3 is 0 Å². The molecule has 2 rings (SSSR count). The molecule has 0 bridgehead atoms. The number of hydrogen-bond donors (Lipinski definition) is 1. The van der Waals surface area contributed by atoms with Gasteiger partial charge in [0.05, 0.1) is 17.6 Å². The van der Waals surface area contributed by atoms with Gasteiger partial charge in [-0.05, 0) is 19.4 Å². The van der Waals surface area contributed by atoms with Crippen molar-refractivity contribution in [2.75, 3.05) is 18.0 Å². The van der Waals surface area contributed by atoms with E-state index in [4.69, 9.17) is 5.73 Å². The van der Waals surface area contributed by atoms with Crippen LogP contribution in [0.25, 0.3) is 0 Å². The minimum atomic E-state index is 0.154. The molecule has 1 amide bonds. The fourth-order valence-corrected chi connectivity index (χ4v) is 1.92. The van der Waals surface area contributed by atoms with Gasteiger partial charge in [-0.25, -0.2) is 0 Å². The predicted octanol–water partition coefficient (Wildman–Crippen LogP) is 0.0401. The molecule has 2 heterocycles. The standard InChI is InChI=1S/C10H16N4O/c1-7-9(5-12-13(7)2)14-6-8(4-11)3-10(14)15/h5,8H,3-4,6,11H2,1-2H3. The van der Waals surface area contributed by atoms with Gasteiger partial charge in [0.2, 0.25) is 5.91 Å². The average Bonchev–Trinajstić information content (AvgIpc) is 2.73. The van der Waals surface area contributed by atoms with E-state index in [2.05, 4.69) is 5.10 Å². The largest absolute Gasteiger partial charge is 0.330 e. The number of rotatable bonds is 2. The summed E-state index contributed by atoms with van der Waals surface area (Å²) >= 11 is 0. The van der Waals surface area contributed by atoms with Crippen molar-refractivity contribution in [3.8, 4) is 0 Å². The molecule has 1 fully saturated rings. The summed E-state index contributed by atoms with van der Waals surface area (Å²) in [7, 11) is 1.87. The molecular weight excluding hydrogens is 192 g/mol. The van der Waals surface area contributed by atoms with Crippen molar-refractivity contribution in [1.29, 1.82) is 0 Å². The van der Waals surface area contributed by atoms with Crippen LogP contribution in [-0.2, 0) is 11.8 Å². The summed E-state index contributed by atoms with van der Waals surface area (Å²) in [5.41, 5.74) is 7.51. The van der Waals surface area contributed by atoms with Gasteiger partial charge in [0, 0.05) is 20.0 Å². The van der Waals surface area contributed by atoms with E-state index in [-0.39, 0.29) is 11.8 Å². The quantitative estimate of drug-likeness (QED) is 0.746. The summed E-state index contributed by atoms with van der Waals surface area (Å²) in [6.45, 7) is 3.26. The van der Waals surface area contributed by atoms with Crippen LogP contribution in [0.15, 0.2) is 6.20 Å². The number of carbonyl (C=O) groups is 1. The number of aromatic nitrogens is 2. The highest BCUT2D eigenvalue weighted by Crippen LogP contribution is 2.26. The first-order valence-electron chi connectivity index (χ1n) is 5.12. The zero-order valence-corrected chi connectivity index (χ0v) is 9.10. The highest BCUT2D eigenvalue weighted by molar-refractivity contribution is 5.96. The third-order valence-electron chi connectivity index (χ3n) is 3.04. The summed E-state index contributed by atoms with van der Waals surface area (Å²) in [5.74, 6) is 0.443. The number of amides is 1. The van der Waals surface area contributed by atoms with E-state index in [9.17, 15) is 4.79 Å². The maximum absolute atomic E-state index is 11.7. The molecule has 5 nitrogen and oxygen atoms in total. The lowest BCUT2D eigenvalue weighted by atomic mass is 10.1. The number of anilines is 1. The molecule has 82 valence electrons. The molecule has 1 unspecified atom stereocenters. The minimum absolute atomic E-state index is 0.154. The van der Waals surface area contributed by atoms with E-state index < -0.39 is 0 Å². The van der Waals surface area contributed by atoms with Gasteiger partial charge in [0.15, 0.2) is 0 Å². The van der Waals surface area contributed by atoms with Crippen molar-refractivity contribution in [3.63, 3.8) is 0 Å². The van der Waals surface area contributed by atoms with E-state index >= 15 is 0 Å². The number of nitrogens with two attached hydrogens (primary N) is 1. The van der Waals surface area contributed by atoms with E-state index in [0.29, 0.717) is 13.0 Å². The molecule has 15 heavy (non-hydrogen) atoms. The van der Waals surface area contributed by atoms with Crippen LogP contribution in [0.3, 0.4) is 0 Å². The van der Waals surface area contributed by atoms with Gasteiger partial charge in [0.1, 0.15) is 0 Å². The Morgan fingerprint density at radius 1 is 1.67 bits per heavy atom. The first kappa shape index (κ1) is 10.2. The van der Waals surface area contributed by atoms with Crippen molar-refractivity contribution in [1.82, 2.24) is 9.78 Å². The van der Waals surface area contributed by atoms with Crippen LogP contribution in [-0.4, -0.2) is 28.8 Å². The Labute approximate surface area is 88.8 Å². The Hall–Kier alpha value is -1.36. The lowest BCUT2D eigenvalue weighted by molar-refractivity contribution is -0.117. The van der Waals surface area contributed by atoms with Crippen LogP contribution in [0.4, 0.5) is 5.69 Å². The number of carbonyl (C=O) groups excluding carboxylic acids is 1. The molecule has 1 aromatic rings. The van der Waals surface area contributed by atoms with E-state index in [1.807, 2.05) is 14.0 Å². The first-order chi connectivity index (χ1) is 7.13. The third-order valence-corrected chi connectivity index (χ3v) is 3.04. The molecule has 0 aromatic carbocycles. The lowest BCUT2D eigenvalue weighted by Crippen LogP contribution is -2.26. The fourth-order valence-electron chi connectivity index (χ4n) is 1.92. The molecule has 1 aromatic heterocycles. The van der Waals surface area contributed by atoms with E-state index in [1.165, 1.54) is 0 Å². The Bertz CT molecular complexity index is 385. The topological polar surface area (TPSA) is 64.2 Å². The second-order valence-electron chi connectivity index (χ2n) is 4.05. The molecule has 1 aliphatic rings. The van der Waals surface area contributed by atoms with Crippen LogP contribution in [0.1, 0.15) is 12.1 Å². The number of nitrogens with zero attached hydrogens (tertiary/aromatic N) is 3. The maximum atomic E-state index is 11.7. The Kier molecular flexibility index (Phi) is 2.48. The molecule has 0 saturated carbocycles. The smallest absolute Gasteiger partial charge is 0.227 e. The van der Waals surface area contributed by atoms with E-state index in [0.717, 1.165) is 17.9 Å². The van der Waals surface area contributed by atoms with E-state index in [1.54, 1.807) is 15.8 Å². The zero-order valence-electron chi connectivity index (χ0n) is 9.10. The normalized spacial score (nSPS) is 21.4.